The van der Waals surface area contributed by atoms with Gasteiger partial charge in [0.2, 0.25) is 0 Å². The summed E-state index contributed by atoms with van der Waals surface area (Å²) in [7, 11) is 0. The van der Waals surface area contributed by atoms with Gasteiger partial charge in [0.05, 0.1) is 11.1 Å². The maximum absolute atomic E-state index is 13.3. The molecule has 0 bridgehead atoms. The van der Waals surface area contributed by atoms with E-state index in [4.69, 9.17) is 16.9 Å². The Morgan fingerprint density at radius 1 is 1.44 bits per heavy atom. The van der Waals surface area contributed by atoms with Crippen LogP contribution in [-0.4, -0.2) is 18.0 Å². The SMILES string of the molecule is CC(C)CN(CCC#N)Cc1cccc(F)c1Cl. The number of hydrogen-bond donors (Lipinski definition) is 0. The summed E-state index contributed by atoms with van der Waals surface area (Å²) in [4.78, 5) is 2.13. The van der Waals surface area contributed by atoms with E-state index in [0.29, 0.717) is 25.4 Å². The summed E-state index contributed by atoms with van der Waals surface area (Å²) in [5.41, 5.74) is 0.773. The molecule has 98 valence electrons. The quantitative estimate of drug-likeness (QED) is 0.784. The van der Waals surface area contributed by atoms with E-state index >= 15 is 0 Å². The highest BCUT2D eigenvalue weighted by atomic mass is 35.5. The molecule has 0 N–H and O–H groups in total. The second-order valence-corrected chi connectivity index (χ2v) is 5.13. The summed E-state index contributed by atoms with van der Waals surface area (Å²) in [6.07, 6.45) is 0.472. The average molecular weight is 269 g/mol. The molecule has 0 aliphatic carbocycles. The van der Waals surface area contributed by atoms with Gasteiger partial charge in [-0.25, -0.2) is 4.39 Å². The third-order valence-corrected chi connectivity index (χ3v) is 3.01. The zero-order valence-corrected chi connectivity index (χ0v) is 11.5. The zero-order chi connectivity index (χ0) is 13.5. The van der Waals surface area contributed by atoms with Crippen LogP contribution in [0.2, 0.25) is 5.02 Å². The van der Waals surface area contributed by atoms with E-state index in [0.717, 1.165) is 12.1 Å². The molecule has 0 aromatic heterocycles. The second kappa shape index (κ2) is 7.35. The molecule has 18 heavy (non-hydrogen) atoms. The minimum Gasteiger partial charge on any atom is -0.298 e. The first kappa shape index (κ1) is 14.9. The minimum absolute atomic E-state index is 0.184. The van der Waals surface area contributed by atoms with Crippen molar-refractivity contribution < 1.29 is 4.39 Å². The van der Waals surface area contributed by atoms with Crippen LogP contribution in [-0.2, 0) is 6.54 Å². The predicted octanol–water partition coefficient (Wildman–Crippen LogP) is 3.85. The summed E-state index contributed by atoms with van der Waals surface area (Å²) < 4.78 is 13.3. The van der Waals surface area contributed by atoms with Crippen LogP contribution in [0, 0.1) is 23.1 Å². The average Bonchev–Trinajstić information content (AvgIpc) is 2.31. The van der Waals surface area contributed by atoms with Crippen LogP contribution in [0.5, 0.6) is 0 Å². The Kier molecular flexibility index (Phi) is 6.11. The first-order valence-electron chi connectivity index (χ1n) is 6.06. The number of nitriles is 1. The van der Waals surface area contributed by atoms with Crippen LogP contribution in [0.4, 0.5) is 4.39 Å². The molecule has 0 aliphatic heterocycles. The Labute approximate surface area is 113 Å². The third-order valence-electron chi connectivity index (χ3n) is 2.59. The summed E-state index contributed by atoms with van der Waals surface area (Å²) in [5.74, 6) is 0.106. The topological polar surface area (TPSA) is 27.0 Å². The Morgan fingerprint density at radius 2 is 2.17 bits per heavy atom. The maximum atomic E-state index is 13.3. The fourth-order valence-electron chi connectivity index (χ4n) is 1.87. The third kappa shape index (κ3) is 4.64. The molecule has 1 rings (SSSR count). The van der Waals surface area contributed by atoms with E-state index < -0.39 is 0 Å². The predicted molar refractivity (Wildman–Crippen MR) is 71.8 cm³/mol. The number of hydrogen-bond acceptors (Lipinski definition) is 2. The van der Waals surface area contributed by atoms with Crippen LogP contribution in [0.15, 0.2) is 18.2 Å². The Morgan fingerprint density at radius 3 is 2.78 bits per heavy atom. The molecule has 0 atom stereocenters. The lowest BCUT2D eigenvalue weighted by Crippen LogP contribution is -2.28. The van der Waals surface area contributed by atoms with Gasteiger partial charge in [-0.05, 0) is 17.5 Å². The minimum atomic E-state index is -0.390. The first-order chi connectivity index (χ1) is 8.54. The molecule has 1 aromatic rings. The van der Waals surface area contributed by atoms with Gasteiger partial charge in [0, 0.05) is 26.1 Å². The lowest BCUT2D eigenvalue weighted by atomic mass is 10.1. The maximum Gasteiger partial charge on any atom is 0.142 e. The molecule has 0 saturated heterocycles. The molecule has 0 radical (unpaired) electrons. The van der Waals surface area contributed by atoms with Gasteiger partial charge in [-0.2, -0.15) is 5.26 Å². The molecule has 1 aromatic carbocycles. The fourth-order valence-corrected chi connectivity index (χ4v) is 2.06. The van der Waals surface area contributed by atoms with Crippen molar-refractivity contribution in [1.82, 2.24) is 4.90 Å². The van der Waals surface area contributed by atoms with Crippen molar-refractivity contribution in [3.05, 3.63) is 34.6 Å². The van der Waals surface area contributed by atoms with Crippen molar-refractivity contribution in [2.24, 2.45) is 5.92 Å². The first-order valence-corrected chi connectivity index (χ1v) is 6.44. The number of rotatable bonds is 6. The van der Waals surface area contributed by atoms with Crippen molar-refractivity contribution in [1.29, 1.82) is 5.26 Å². The Bertz CT molecular complexity index is 426. The van der Waals surface area contributed by atoms with Gasteiger partial charge in [0.1, 0.15) is 5.82 Å². The zero-order valence-electron chi connectivity index (χ0n) is 10.8. The summed E-state index contributed by atoms with van der Waals surface area (Å²) in [5, 5.41) is 8.83. The van der Waals surface area contributed by atoms with E-state index in [-0.39, 0.29) is 10.8 Å². The smallest absolute Gasteiger partial charge is 0.142 e. The van der Waals surface area contributed by atoms with E-state index in [2.05, 4.69) is 24.8 Å². The van der Waals surface area contributed by atoms with Gasteiger partial charge >= 0.3 is 0 Å². The normalized spacial score (nSPS) is 10.9. The van der Waals surface area contributed by atoms with Crippen LogP contribution in [0.1, 0.15) is 25.8 Å². The summed E-state index contributed by atoms with van der Waals surface area (Å²) in [6, 6.07) is 6.98. The van der Waals surface area contributed by atoms with Crippen molar-refractivity contribution in [2.45, 2.75) is 26.8 Å². The van der Waals surface area contributed by atoms with Gasteiger partial charge in [0.25, 0.3) is 0 Å². The number of nitrogens with zero attached hydrogens (tertiary/aromatic N) is 2. The fraction of sp³-hybridized carbons (Fsp3) is 0.500. The molecular formula is C14H18ClFN2. The molecule has 0 amide bonds. The van der Waals surface area contributed by atoms with E-state index in [1.54, 1.807) is 6.07 Å². The van der Waals surface area contributed by atoms with Crippen LogP contribution in [0.3, 0.4) is 0 Å². The highest BCUT2D eigenvalue weighted by molar-refractivity contribution is 6.31. The largest absolute Gasteiger partial charge is 0.298 e. The molecule has 2 nitrogen and oxygen atoms in total. The van der Waals surface area contributed by atoms with Crippen molar-refractivity contribution in [2.75, 3.05) is 13.1 Å². The lowest BCUT2D eigenvalue weighted by Gasteiger charge is -2.23. The van der Waals surface area contributed by atoms with E-state index in [1.165, 1.54) is 6.07 Å². The standard InChI is InChI=1S/C14H18ClFN2/c1-11(2)9-18(8-4-7-17)10-12-5-3-6-13(16)14(12)15/h3,5-6,11H,4,8-10H2,1-2H3. The number of halogens is 2. The summed E-state index contributed by atoms with van der Waals surface area (Å²) in [6.45, 7) is 6.37. The lowest BCUT2D eigenvalue weighted by molar-refractivity contribution is 0.241. The Balaban J connectivity index is 2.75. The highest BCUT2D eigenvalue weighted by Gasteiger charge is 2.12. The van der Waals surface area contributed by atoms with Crippen LogP contribution in [0.25, 0.3) is 0 Å². The van der Waals surface area contributed by atoms with Gasteiger partial charge in [-0.3, -0.25) is 4.90 Å². The van der Waals surface area contributed by atoms with Crippen LogP contribution >= 0.6 is 11.6 Å². The molecule has 0 unspecified atom stereocenters. The molecular weight excluding hydrogens is 251 g/mol. The van der Waals surface area contributed by atoms with Crippen molar-refractivity contribution in [3.8, 4) is 6.07 Å². The monoisotopic (exact) mass is 268 g/mol. The van der Waals surface area contributed by atoms with Gasteiger partial charge < -0.3 is 0 Å². The van der Waals surface area contributed by atoms with E-state index in [9.17, 15) is 4.39 Å². The highest BCUT2D eigenvalue weighted by Crippen LogP contribution is 2.21. The molecule has 0 spiro atoms. The molecule has 0 saturated carbocycles. The molecule has 0 fully saturated rings. The van der Waals surface area contributed by atoms with Crippen LogP contribution < -0.4 is 0 Å². The van der Waals surface area contributed by atoms with E-state index in [1.807, 2.05) is 6.07 Å². The molecule has 0 aliphatic rings. The number of benzene rings is 1. The van der Waals surface area contributed by atoms with Crippen molar-refractivity contribution >= 4 is 11.6 Å². The Hall–Kier alpha value is -1.11. The van der Waals surface area contributed by atoms with Gasteiger partial charge in [-0.1, -0.05) is 37.6 Å². The van der Waals surface area contributed by atoms with Gasteiger partial charge in [0.15, 0.2) is 0 Å². The van der Waals surface area contributed by atoms with Gasteiger partial charge in [-0.15, -0.1) is 0 Å². The molecule has 4 heteroatoms. The molecule has 0 heterocycles. The second-order valence-electron chi connectivity index (χ2n) is 4.75. The summed E-state index contributed by atoms with van der Waals surface area (Å²) >= 11 is 5.94. The van der Waals surface area contributed by atoms with Crippen molar-refractivity contribution in [3.63, 3.8) is 0 Å².